The van der Waals surface area contributed by atoms with E-state index in [9.17, 15) is 0 Å². The fraction of sp³-hybridized carbons (Fsp3) is 0.368. The van der Waals surface area contributed by atoms with Crippen LogP contribution in [0.2, 0.25) is 0 Å². The topological polar surface area (TPSA) is 55.0 Å². The molecule has 0 bridgehead atoms. The first-order valence-electron chi connectivity index (χ1n) is 7.83. The van der Waals surface area contributed by atoms with Gasteiger partial charge in [0.15, 0.2) is 0 Å². The van der Waals surface area contributed by atoms with Crippen LogP contribution in [0.4, 0.5) is 11.5 Å². The van der Waals surface area contributed by atoms with Crippen molar-refractivity contribution in [3.8, 4) is 23.6 Å². The van der Waals surface area contributed by atoms with E-state index in [2.05, 4.69) is 59.9 Å². The van der Waals surface area contributed by atoms with Crippen LogP contribution in [0.15, 0.2) is 24.5 Å². The summed E-state index contributed by atoms with van der Waals surface area (Å²) in [6.45, 7) is 5.24. The van der Waals surface area contributed by atoms with Crippen LogP contribution in [-0.2, 0) is 11.8 Å². The maximum absolute atomic E-state index is 6.15. The van der Waals surface area contributed by atoms with Gasteiger partial charge in [-0.25, -0.2) is 9.97 Å². The van der Waals surface area contributed by atoms with Crippen LogP contribution in [-0.4, -0.2) is 23.6 Å². The number of fused-ring (bicyclic) bond motifs is 3. The first kappa shape index (κ1) is 15.4. The van der Waals surface area contributed by atoms with Gasteiger partial charge in [0.2, 0.25) is 0 Å². The van der Waals surface area contributed by atoms with E-state index in [0.29, 0.717) is 5.82 Å². The predicted octanol–water partition coefficient (Wildman–Crippen LogP) is 3.02. The van der Waals surface area contributed by atoms with Crippen LogP contribution in [0.3, 0.4) is 0 Å². The van der Waals surface area contributed by atoms with E-state index in [4.69, 9.17) is 12.2 Å². The molecule has 1 aliphatic carbocycles. The second-order valence-corrected chi connectivity index (χ2v) is 6.72. The molecular formula is C19H22N4. The van der Waals surface area contributed by atoms with Gasteiger partial charge in [-0.3, -0.25) is 0 Å². The largest absolute Gasteiger partial charge is 0.383 e. The van der Waals surface area contributed by atoms with Crippen LogP contribution >= 0.6 is 0 Å². The standard InChI is InChI=1S/C19H22N4/c1-5-6-10-23(4)15-9-7-8-13-14(15)11-19(2,3)16-17(13)21-12-22-18(16)20/h1,7-9,12H,6,10-11H2,2-4H3,(H2,20,21,22). The highest BCUT2D eigenvalue weighted by Crippen LogP contribution is 2.46. The van der Waals surface area contributed by atoms with Crippen LogP contribution in [0.25, 0.3) is 11.3 Å². The van der Waals surface area contributed by atoms with Gasteiger partial charge in [0, 0.05) is 36.8 Å². The minimum Gasteiger partial charge on any atom is -0.383 e. The number of hydrogen-bond acceptors (Lipinski definition) is 4. The number of rotatable bonds is 3. The van der Waals surface area contributed by atoms with Crippen molar-refractivity contribution in [1.29, 1.82) is 0 Å². The van der Waals surface area contributed by atoms with Gasteiger partial charge in [-0.15, -0.1) is 12.3 Å². The highest BCUT2D eigenvalue weighted by Gasteiger charge is 2.35. The van der Waals surface area contributed by atoms with E-state index < -0.39 is 0 Å². The molecule has 0 spiro atoms. The SMILES string of the molecule is C#CCCN(C)c1cccc2c1CC(C)(C)c1c(N)ncnc1-2. The third-order valence-electron chi connectivity index (χ3n) is 4.58. The molecule has 2 N–H and O–H groups in total. The molecule has 0 saturated heterocycles. The summed E-state index contributed by atoms with van der Waals surface area (Å²) in [7, 11) is 2.09. The fourth-order valence-corrected chi connectivity index (χ4v) is 3.49. The summed E-state index contributed by atoms with van der Waals surface area (Å²) in [5, 5.41) is 0. The highest BCUT2D eigenvalue weighted by molar-refractivity contribution is 5.80. The lowest BCUT2D eigenvalue weighted by Gasteiger charge is -2.36. The van der Waals surface area contributed by atoms with Gasteiger partial charge in [-0.05, 0) is 23.5 Å². The number of anilines is 2. The summed E-state index contributed by atoms with van der Waals surface area (Å²) < 4.78 is 0. The van der Waals surface area contributed by atoms with Gasteiger partial charge in [0.05, 0.1) is 5.69 Å². The lowest BCUT2D eigenvalue weighted by atomic mass is 9.71. The number of aromatic nitrogens is 2. The van der Waals surface area contributed by atoms with Gasteiger partial charge >= 0.3 is 0 Å². The molecule has 4 heteroatoms. The van der Waals surface area contributed by atoms with Gasteiger partial charge < -0.3 is 10.6 Å². The van der Waals surface area contributed by atoms with Crippen molar-refractivity contribution in [1.82, 2.24) is 9.97 Å². The summed E-state index contributed by atoms with van der Waals surface area (Å²) in [6.07, 6.45) is 8.60. The Bertz CT molecular complexity index is 786. The molecule has 2 aromatic rings. The van der Waals surface area contributed by atoms with Gasteiger partial charge in [0.1, 0.15) is 12.1 Å². The zero-order valence-corrected chi connectivity index (χ0v) is 13.9. The molecule has 4 nitrogen and oxygen atoms in total. The summed E-state index contributed by atoms with van der Waals surface area (Å²) in [5.74, 6) is 3.29. The molecule has 23 heavy (non-hydrogen) atoms. The lowest BCUT2D eigenvalue weighted by molar-refractivity contribution is 0.514. The quantitative estimate of drug-likeness (QED) is 0.886. The summed E-state index contributed by atoms with van der Waals surface area (Å²) in [6, 6.07) is 6.34. The van der Waals surface area contributed by atoms with Gasteiger partial charge in [-0.1, -0.05) is 26.0 Å². The van der Waals surface area contributed by atoms with Crippen molar-refractivity contribution >= 4 is 11.5 Å². The molecule has 1 aromatic heterocycles. The summed E-state index contributed by atoms with van der Waals surface area (Å²) in [4.78, 5) is 11.0. The Balaban J connectivity index is 2.18. The molecule has 0 unspecified atom stereocenters. The van der Waals surface area contributed by atoms with Crippen molar-refractivity contribution < 1.29 is 0 Å². The fourth-order valence-electron chi connectivity index (χ4n) is 3.49. The maximum atomic E-state index is 6.15. The zero-order chi connectivity index (χ0) is 16.6. The first-order valence-corrected chi connectivity index (χ1v) is 7.83. The van der Waals surface area contributed by atoms with E-state index in [1.807, 2.05) is 0 Å². The minimum absolute atomic E-state index is 0.100. The average molecular weight is 306 g/mol. The van der Waals surface area contributed by atoms with Gasteiger partial charge in [-0.2, -0.15) is 0 Å². The molecular weight excluding hydrogens is 284 g/mol. The van der Waals surface area contributed by atoms with Crippen molar-refractivity contribution in [3.63, 3.8) is 0 Å². The van der Waals surface area contributed by atoms with E-state index in [0.717, 1.165) is 36.2 Å². The molecule has 1 heterocycles. The van der Waals surface area contributed by atoms with Gasteiger partial charge in [0.25, 0.3) is 0 Å². The number of nitrogens with two attached hydrogens (primary N) is 1. The molecule has 0 atom stereocenters. The molecule has 0 saturated carbocycles. The Morgan fingerprint density at radius 3 is 2.87 bits per heavy atom. The Morgan fingerprint density at radius 2 is 2.13 bits per heavy atom. The van der Waals surface area contributed by atoms with Crippen LogP contribution in [0, 0.1) is 12.3 Å². The molecule has 0 amide bonds. The Kier molecular flexibility index (Phi) is 3.73. The smallest absolute Gasteiger partial charge is 0.131 e. The molecule has 0 aliphatic heterocycles. The monoisotopic (exact) mass is 306 g/mol. The zero-order valence-electron chi connectivity index (χ0n) is 13.9. The Morgan fingerprint density at radius 1 is 1.35 bits per heavy atom. The van der Waals surface area contributed by atoms with Crippen LogP contribution in [0.5, 0.6) is 0 Å². The van der Waals surface area contributed by atoms with E-state index in [1.165, 1.54) is 11.3 Å². The summed E-state index contributed by atoms with van der Waals surface area (Å²) in [5.41, 5.74) is 11.7. The van der Waals surface area contributed by atoms with Crippen molar-refractivity contribution in [2.24, 2.45) is 0 Å². The van der Waals surface area contributed by atoms with Crippen molar-refractivity contribution in [3.05, 3.63) is 35.7 Å². The number of benzene rings is 1. The van der Waals surface area contributed by atoms with E-state index in [-0.39, 0.29) is 5.41 Å². The number of nitrogen functional groups attached to an aromatic ring is 1. The second-order valence-electron chi connectivity index (χ2n) is 6.72. The summed E-state index contributed by atoms with van der Waals surface area (Å²) >= 11 is 0. The van der Waals surface area contributed by atoms with Crippen molar-refractivity contribution in [2.75, 3.05) is 24.2 Å². The average Bonchev–Trinajstić information content (AvgIpc) is 2.51. The molecule has 3 rings (SSSR count). The van der Waals surface area contributed by atoms with Crippen molar-refractivity contribution in [2.45, 2.75) is 32.1 Å². The van der Waals surface area contributed by atoms with Crippen LogP contribution in [0.1, 0.15) is 31.4 Å². The third kappa shape index (κ3) is 2.53. The first-order chi connectivity index (χ1) is 11.0. The molecule has 1 aromatic carbocycles. The Labute approximate surface area is 137 Å². The molecule has 1 aliphatic rings. The number of terminal acetylenes is 1. The highest BCUT2D eigenvalue weighted by atomic mass is 15.1. The Hall–Kier alpha value is -2.54. The third-order valence-corrected chi connectivity index (χ3v) is 4.58. The number of nitrogens with zero attached hydrogens (tertiary/aromatic N) is 3. The lowest BCUT2D eigenvalue weighted by Crippen LogP contribution is -2.30. The number of hydrogen-bond donors (Lipinski definition) is 1. The molecule has 0 radical (unpaired) electrons. The molecule has 118 valence electrons. The van der Waals surface area contributed by atoms with E-state index >= 15 is 0 Å². The minimum atomic E-state index is -0.100. The maximum Gasteiger partial charge on any atom is 0.131 e. The van der Waals surface area contributed by atoms with E-state index in [1.54, 1.807) is 6.33 Å². The molecule has 0 fully saturated rings. The normalized spacial score (nSPS) is 14.5. The predicted molar refractivity (Wildman–Crippen MR) is 95.3 cm³/mol. The van der Waals surface area contributed by atoms with Crippen LogP contribution < -0.4 is 10.6 Å². The second kappa shape index (κ2) is 5.58.